The van der Waals surface area contributed by atoms with E-state index in [2.05, 4.69) is 13.8 Å². The van der Waals surface area contributed by atoms with Gasteiger partial charge in [-0.25, -0.2) is 0 Å². The van der Waals surface area contributed by atoms with Crippen molar-refractivity contribution in [2.24, 2.45) is 0 Å². The molecule has 0 aromatic rings. The maximum atomic E-state index is 2.29. The molecule has 0 aliphatic rings. The first-order valence-corrected chi connectivity index (χ1v) is 11.1. The molecule has 0 bridgehead atoms. The molecule has 0 heterocycles. The Morgan fingerprint density at radius 2 is 0.778 bits per heavy atom. The van der Waals surface area contributed by atoms with Crippen molar-refractivity contribution in [1.29, 1.82) is 0 Å². The molecule has 108 valence electrons. The molecule has 0 rings (SSSR count). The molecule has 0 amide bonds. The summed E-state index contributed by atoms with van der Waals surface area (Å²) >= 11 is 0. The summed E-state index contributed by atoms with van der Waals surface area (Å²) in [6.07, 6.45) is 20.3. The highest BCUT2D eigenvalue weighted by molar-refractivity contribution is 8.11. The van der Waals surface area contributed by atoms with Crippen molar-refractivity contribution in [3.63, 3.8) is 0 Å². The lowest BCUT2D eigenvalue weighted by molar-refractivity contribution is 0.603. The Morgan fingerprint density at radius 3 is 1.17 bits per heavy atom. The van der Waals surface area contributed by atoms with Crippen LogP contribution < -0.4 is 0 Å². The second-order valence-electron chi connectivity index (χ2n) is 5.27. The summed E-state index contributed by atoms with van der Waals surface area (Å²) in [6, 6.07) is 0. The summed E-state index contributed by atoms with van der Waals surface area (Å²) in [5.74, 6) is 0. The van der Waals surface area contributed by atoms with Gasteiger partial charge in [-0.1, -0.05) is 78.1 Å². The van der Waals surface area contributed by atoms with Gasteiger partial charge in [0.2, 0.25) is 0 Å². The van der Waals surface area contributed by atoms with E-state index in [0.29, 0.717) is 0 Å². The fourth-order valence-electron chi connectivity index (χ4n) is 2.07. The van der Waals surface area contributed by atoms with Gasteiger partial charge in [-0.15, -0.1) is 0 Å². The van der Waals surface area contributed by atoms with Crippen LogP contribution in [-0.4, -0.2) is 12.3 Å². The molecule has 0 aromatic carbocycles. The molecule has 0 saturated heterocycles. The lowest BCUT2D eigenvalue weighted by Gasteiger charge is -2.02. The molecule has 0 saturated carbocycles. The molecule has 0 fully saturated rings. The molecule has 0 nitrogen and oxygen atoms in total. The quantitative estimate of drug-likeness (QED) is 0.216. The van der Waals surface area contributed by atoms with Crippen molar-refractivity contribution in [1.82, 2.24) is 0 Å². The van der Waals surface area contributed by atoms with Crippen molar-refractivity contribution in [3.8, 4) is 0 Å². The number of hydrogen-bond donors (Lipinski definition) is 0. The Morgan fingerprint density at radius 1 is 0.444 bits per heavy atom. The van der Waals surface area contributed by atoms with Crippen LogP contribution in [-0.2, 0) is 0 Å². The van der Waals surface area contributed by atoms with Gasteiger partial charge in [-0.05, 0) is 41.7 Å². The molecular weight excluding hydrogens is 254 g/mol. The third kappa shape index (κ3) is 16.9. The lowest BCUT2D eigenvalue weighted by Crippen LogP contribution is -1.81. The molecule has 0 aromatic heterocycles. The van der Waals surface area contributed by atoms with E-state index >= 15 is 0 Å². The lowest BCUT2D eigenvalue weighted by atomic mass is 10.1. The van der Waals surface area contributed by atoms with E-state index in [0.717, 1.165) is 0 Å². The van der Waals surface area contributed by atoms with Crippen LogP contribution in [0.3, 0.4) is 0 Å². The van der Waals surface area contributed by atoms with E-state index in [1.165, 1.54) is 89.4 Å². The highest BCUT2D eigenvalue weighted by Crippen LogP contribution is 2.38. The first-order valence-electron chi connectivity index (χ1n) is 8.25. The highest BCUT2D eigenvalue weighted by Gasteiger charge is 1.94. The topological polar surface area (TPSA) is 0 Å². The second-order valence-corrected chi connectivity index (χ2v) is 8.42. The zero-order valence-electron chi connectivity index (χ0n) is 12.8. The maximum absolute atomic E-state index is 2.29. The van der Waals surface area contributed by atoms with Crippen LogP contribution in [0.25, 0.3) is 0 Å². The van der Waals surface area contributed by atoms with E-state index in [-0.39, 0.29) is 0 Å². The number of unbranched alkanes of at least 4 members (excludes halogenated alkanes) is 10. The minimum absolute atomic E-state index is 1.37. The average molecular weight is 288 g/mol. The predicted molar refractivity (Wildman–Crippen MR) is 90.3 cm³/mol. The first kappa shape index (κ1) is 18.9. The van der Waals surface area contributed by atoms with Crippen LogP contribution in [0.15, 0.2) is 0 Å². The van der Waals surface area contributed by atoms with Gasteiger partial charge in [-0.2, -0.15) is 0 Å². The SMILES string of the molecule is CCCCCCCCC[P][P]CCCCCCC. The fourth-order valence-corrected chi connectivity index (χ4v) is 4.78. The van der Waals surface area contributed by atoms with E-state index < -0.39 is 0 Å². The molecule has 2 radical (unpaired) electrons. The van der Waals surface area contributed by atoms with Crippen molar-refractivity contribution < 1.29 is 0 Å². The average Bonchev–Trinajstić information content (AvgIpc) is 2.39. The van der Waals surface area contributed by atoms with Crippen LogP contribution in [0.2, 0.25) is 0 Å². The summed E-state index contributed by atoms with van der Waals surface area (Å²) in [5.41, 5.74) is 0. The van der Waals surface area contributed by atoms with Crippen LogP contribution in [0.5, 0.6) is 0 Å². The van der Waals surface area contributed by atoms with E-state index in [1.54, 1.807) is 16.5 Å². The van der Waals surface area contributed by atoms with Gasteiger partial charge < -0.3 is 0 Å². The maximum Gasteiger partial charge on any atom is -0.0242 e. The van der Waals surface area contributed by atoms with Crippen molar-refractivity contribution in [3.05, 3.63) is 0 Å². The monoisotopic (exact) mass is 288 g/mol. The second kappa shape index (κ2) is 17.9. The standard InChI is InChI=1S/C16H34P2/c1-3-5-7-9-10-12-14-16-18-17-15-13-11-8-6-4-2/h3-16H2,1-2H3. The van der Waals surface area contributed by atoms with Crippen LogP contribution in [0, 0.1) is 0 Å². The van der Waals surface area contributed by atoms with Gasteiger partial charge >= 0.3 is 0 Å². The summed E-state index contributed by atoms with van der Waals surface area (Å²) in [7, 11) is 3.39. The van der Waals surface area contributed by atoms with Gasteiger partial charge in [0.15, 0.2) is 0 Å². The molecule has 0 atom stereocenters. The van der Waals surface area contributed by atoms with Crippen molar-refractivity contribution >= 4 is 16.5 Å². The van der Waals surface area contributed by atoms with Gasteiger partial charge in [0.1, 0.15) is 0 Å². The molecule has 0 spiro atoms. The first-order chi connectivity index (χ1) is 8.91. The Bertz CT molecular complexity index is 121. The summed E-state index contributed by atoms with van der Waals surface area (Å²) in [5, 5.41) is 0. The van der Waals surface area contributed by atoms with Crippen LogP contribution in [0.4, 0.5) is 0 Å². The van der Waals surface area contributed by atoms with E-state index in [1.807, 2.05) is 0 Å². The number of rotatable bonds is 15. The smallest absolute Gasteiger partial charge is 0.0242 e. The Kier molecular flexibility index (Phi) is 18.7. The fraction of sp³-hybridized carbons (Fsp3) is 1.00. The Labute approximate surface area is 120 Å². The van der Waals surface area contributed by atoms with Crippen LogP contribution in [0.1, 0.15) is 90.9 Å². The van der Waals surface area contributed by atoms with Gasteiger partial charge in [0.05, 0.1) is 0 Å². The van der Waals surface area contributed by atoms with Gasteiger partial charge in [-0.3, -0.25) is 0 Å². The Balaban J connectivity index is 2.86. The molecule has 18 heavy (non-hydrogen) atoms. The van der Waals surface area contributed by atoms with Gasteiger partial charge in [0.25, 0.3) is 0 Å². The zero-order valence-corrected chi connectivity index (χ0v) is 14.6. The molecule has 0 N–H and O–H groups in total. The van der Waals surface area contributed by atoms with E-state index in [4.69, 9.17) is 0 Å². The Hall–Kier alpha value is 0.860. The minimum Gasteiger partial charge on any atom is -0.0654 e. The third-order valence-corrected chi connectivity index (χ3v) is 6.36. The number of hydrogen-bond acceptors (Lipinski definition) is 0. The summed E-state index contributed by atoms with van der Waals surface area (Å²) in [4.78, 5) is 0. The summed E-state index contributed by atoms with van der Waals surface area (Å²) < 4.78 is 0. The largest absolute Gasteiger partial charge is 0.0654 e. The predicted octanol–water partition coefficient (Wildman–Crippen LogP) is 7.51. The molecule has 0 aliphatic carbocycles. The van der Waals surface area contributed by atoms with Gasteiger partial charge in [0, 0.05) is 0 Å². The zero-order chi connectivity index (χ0) is 13.3. The van der Waals surface area contributed by atoms with Crippen LogP contribution >= 0.6 is 16.5 Å². The molecule has 0 unspecified atom stereocenters. The minimum atomic E-state index is 1.37. The summed E-state index contributed by atoms with van der Waals surface area (Å²) in [6.45, 7) is 4.58. The molecule has 0 aliphatic heterocycles. The highest BCUT2D eigenvalue weighted by atomic mass is 32.0. The molecular formula is C16H34P2. The van der Waals surface area contributed by atoms with Crippen molar-refractivity contribution in [2.45, 2.75) is 90.9 Å². The third-order valence-electron chi connectivity index (χ3n) is 3.32. The molecule has 2 heteroatoms. The van der Waals surface area contributed by atoms with Crippen molar-refractivity contribution in [2.75, 3.05) is 12.3 Å². The normalized spacial score (nSPS) is 12.3. The van der Waals surface area contributed by atoms with E-state index in [9.17, 15) is 0 Å².